The minimum atomic E-state index is -0.899. The highest BCUT2D eigenvalue weighted by Crippen LogP contribution is 2.31. The predicted octanol–water partition coefficient (Wildman–Crippen LogP) is 1.65. The molecule has 0 aliphatic carbocycles. The topological polar surface area (TPSA) is 35.5 Å². The number of ether oxygens (including phenoxy) is 2. The lowest BCUT2D eigenvalue weighted by molar-refractivity contribution is -0.147. The Morgan fingerprint density at radius 2 is 2.33 bits per heavy atom. The van der Waals surface area contributed by atoms with Crippen LogP contribution in [0.2, 0.25) is 0 Å². The first-order valence-electron chi connectivity index (χ1n) is 5.09. The lowest BCUT2D eigenvalue weighted by Gasteiger charge is -2.33. The number of aldehydes is 1. The van der Waals surface area contributed by atoms with Gasteiger partial charge in [0.15, 0.2) is 11.9 Å². The van der Waals surface area contributed by atoms with Crippen molar-refractivity contribution >= 4 is 6.29 Å². The zero-order valence-corrected chi connectivity index (χ0v) is 8.73. The molecular weight excluding hydrogens is 192 g/mol. The second kappa shape index (κ2) is 4.13. The molecule has 3 heteroatoms. The number of hydrogen-bond donors (Lipinski definition) is 0. The number of hydrogen-bond acceptors (Lipinski definition) is 3. The fourth-order valence-corrected chi connectivity index (χ4v) is 1.96. The molecule has 1 heterocycles. The number of carbonyl (C=O) groups is 1. The summed E-state index contributed by atoms with van der Waals surface area (Å²) in [6.45, 7) is 3.24. The molecule has 2 rings (SSSR count). The molecule has 0 saturated heterocycles. The van der Waals surface area contributed by atoms with Crippen molar-refractivity contribution < 1.29 is 14.3 Å². The van der Waals surface area contributed by atoms with Gasteiger partial charge in [0, 0.05) is 6.61 Å². The Morgan fingerprint density at radius 3 is 3.07 bits per heavy atom. The van der Waals surface area contributed by atoms with E-state index in [4.69, 9.17) is 9.47 Å². The fraction of sp³-hybridized carbons (Fsp3) is 0.417. The van der Waals surface area contributed by atoms with Crippen LogP contribution in [0.5, 0.6) is 0 Å². The molecule has 0 bridgehead atoms. The maximum Gasteiger partial charge on any atom is 0.171 e. The highest BCUT2D eigenvalue weighted by atomic mass is 16.5. The van der Waals surface area contributed by atoms with Crippen molar-refractivity contribution in [2.75, 3.05) is 13.2 Å². The average Bonchev–Trinajstić information content (AvgIpc) is 2.30. The van der Waals surface area contributed by atoms with Gasteiger partial charge in [-0.15, -0.1) is 0 Å². The van der Waals surface area contributed by atoms with Crippen molar-refractivity contribution in [2.24, 2.45) is 0 Å². The highest BCUT2D eigenvalue weighted by molar-refractivity contribution is 5.68. The quantitative estimate of drug-likeness (QED) is 0.705. The van der Waals surface area contributed by atoms with Crippen molar-refractivity contribution in [3.05, 3.63) is 35.4 Å². The summed E-state index contributed by atoms with van der Waals surface area (Å²) in [5.41, 5.74) is 1.07. The lowest BCUT2D eigenvalue weighted by Crippen LogP contribution is -2.40. The van der Waals surface area contributed by atoms with Gasteiger partial charge in [-0.25, -0.2) is 0 Å². The maximum atomic E-state index is 11.2. The molecule has 0 spiro atoms. The van der Waals surface area contributed by atoms with E-state index in [9.17, 15) is 4.79 Å². The van der Waals surface area contributed by atoms with E-state index < -0.39 is 5.60 Å². The highest BCUT2D eigenvalue weighted by Gasteiger charge is 2.37. The molecule has 1 aliphatic heterocycles. The van der Waals surface area contributed by atoms with Crippen LogP contribution in [0.1, 0.15) is 18.1 Å². The van der Waals surface area contributed by atoms with Crippen LogP contribution in [0.15, 0.2) is 24.3 Å². The fourth-order valence-electron chi connectivity index (χ4n) is 1.96. The first kappa shape index (κ1) is 10.3. The lowest BCUT2D eigenvalue weighted by atomic mass is 9.89. The van der Waals surface area contributed by atoms with Crippen LogP contribution < -0.4 is 0 Å². The third-order valence-electron chi connectivity index (χ3n) is 2.64. The van der Waals surface area contributed by atoms with Crippen LogP contribution in [0.4, 0.5) is 0 Å². The molecule has 80 valence electrons. The molecule has 15 heavy (non-hydrogen) atoms. The van der Waals surface area contributed by atoms with Crippen LogP contribution in [-0.2, 0) is 26.5 Å². The summed E-state index contributed by atoms with van der Waals surface area (Å²) in [4.78, 5) is 11.2. The van der Waals surface area contributed by atoms with Gasteiger partial charge in [0.05, 0.1) is 13.2 Å². The Labute approximate surface area is 89.0 Å². The third-order valence-corrected chi connectivity index (χ3v) is 2.64. The van der Waals surface area contributed by atoms with E-state index in [2.05, 4.69) is 0 Å². The van der Waals surface area contributed by atoms with E-state index in [0.29, 0.717) is 19.8 Å². The van der Waals surface area contributed by atoms with Crippen LogP contribution in [0.3, 0.4) is 0 Å². The molecule has 0 saturated carbocycles. The molecular formula is C12H14O3. The molecule has 0 aromatic heterocycles. The largest absolute Gasteiger partial charge is 0.373 e. The maximum absolute atomic E-state index is 11.2. The van der Waals surface area contributed by atoms with Gasteiger partial charge in [-0.05, 0) is 18.1 Å². The molecule has 1 aromatic carbocycles. The summed E-state index contributed by atoms with van der Waals surface area (Å²) >= 11 is 0. The Balaban J connectivity index is 2.46. The second-order valence-electron chi connectivity index (χ2n) is 3.59. The van der Waals surface area contributed by atoms with Gasteiger partial charge >= 0.3 is 0 Å². The molecule has 1 atom stereocenters. The van der Waals surface area contributed by atoms with Crippen LogP contribution in [0.25, 0.3) is 0 Å². The molecule has 0 amide bonds. The standard InChI is InChI=1S/C12H14O3/c1-2-15-12(8-13)9-14-7-10-5-3-4-6-11(10)12/h3-6,8H,2,7,9H2,1H3. The molecule has 0 fully saturated rings. The number of benzene rings is 1. The number of rotatable bonds is 3. The SMILES string of the molecule is CCOC1(C=O)COCc2ccccc21. The van der Waals surface area contributed by atoms with Crippen molar-refractivity contribution in [1.29, 1.82) is 0 Å². The molecule has 0 radical (unpaired) electrons. The van der Waals surface area contributed by atoms with E-state index in [1.165, 1.54) is 0 Å². The molecule has 1 unspecified atom stereocenters. The minimum Gasteiger partial charge on any atom is -0.373 e. The smallest absolute Gasteiger partial charge is 0.171 e. The van der Waals surface area contributed by atoms with E-state index in [1.807, 2.05) is 31.2 Å². The van der Waals surface area contributed by atoms with Crippen LogP contribution >= 0.6 is 0 Å². The summed E-state index contributed by atoms with van der Waals surface area (Å²) in [7, 11) is 0. The van der Waals surface area contributed by atoms with Gasteiger partial charge in [-0.2, -0.15) is 0 Å². The van der Waals surface area contributed by atoms with E-state index >= 15 is 0 Å². The molecule has 1 aromatic rings. The Bertz CT molecular complexity index is 362. The zero-order chi connectivity index (χ0) is 10.7. The van der Waals surface area contributed by atoms with E-state index in [-0.39, 0.29) is 0 Å². The van der Waals surface area contributed by atoms with Gasteiger partial charge < -0.3 is 9.47 Å². The Hall–Kier alpha value is -1.19. The Kier molecular flexibility index (Phi) is 2.84. The minimum absolute atomic E-state index is 0.307. The first-order valence-corrected chi connectivity index (χ1v) is 5.09. The zero-order valence-electron chi connectivity index (χ0n) is 8.73. The summed E-state index contributed by atoms with van der Waals surface area (Å²) in [6.07, 6.45) is 0.842. The predicted molar refractivity (Wildman–Crippen MR) is 55.5 cm³/mol. The van der Waals surface area contributed by atoms with Crippen molar-refractivity contribution in [3.8, 4) is 0 Å². The third kappa shape index (κ3) is 1.68. The van der Waals surface area contributed by atoms with E-state index in [0.717, 1.165) is 17.4 Å². The number of fused-ring (bicyclic) bond motifs is 1. The van der Waals surface area contributed by atoms with E-state index in [1.54, 1.807) is 0 Å². The van der Waals surface area contributed by atoms with Crippen molar-refractivity contribution in [2.45, 2.75) is 19.1 Å². The molecule has 3 nitrogen and oxygen atoms in total. The molecule has 1 aliphatic rings. The summed E-state index contributed by atoms with van der Waals surface area (Å²) < 4.78 is 11.0. The van der Waals surface area contributed by atoms with Crippen molar-refractivity contribution in [3.63, 3.8) is 0 Å². The average molecular weight is 206 g/mol. The van der Waals surface area contributed by atoms with Gasteiger partial charge in [-0.1, -0.05) is 24.3 Å². The van der Waals surface area contributed by atoms with Gasteiger partial charge in [0.25, 0.3) is 0 Å². The Morgan fingerprint density at radius 1 is 1.53 bits per heavy atom. The monoisotopic (exact) mass is 206 g/mol. The first-order chi connectivity index (χ1) is 7.32. The van der Waals surface area contributed by atoms with Crippen LogP contribution in [0, 0.1) is 0 Å². The summed E-state index contributed by atoms with van der Waals surface area (Å²) in [5.74, 6) is 0. The molecule has 0 N–H and O–H groups in total. The number of carbonyl (C=O) groups excluding carboxylic acids is 1. The van der Waals surface area contributed by atoms with Gasteiger partial charge in [0.2, 0.25) is 0 Å². The normalized spacial score (nSPS) is 24.6. The summed E-state index contributed by atoms with van der Waals surface area (Å²) in [5, 5.41) is 0. The second-order valence-corrected chi connectivity index (χ2v) is 3.59. The van der Waals surface area contributed by atoms with Crippen molar-refractivity contribution in [1.82, 2.24) is 0 Å². The summed E-state index contributed by atoms with van der Waals surface area (Å²) in [6, 6.07) is 7.75. The van der Waals surface area contributed by atoms with Gasteiger partial charge in [-0.3, -0.25) is 4.79 Å². The van der Waals surface area contributed by atoms with Crippen LogP contribution in [-0.4, -0.2) is 19.5 Å². The van der Waals surface area contributed by atoms with Gasteiger partial charge in [0.1, 0.15) is 0 Å².